The highest BCUT2D eigenvalue weighted by Gasteiger charge is 2.11. The maximum absolute atomic E-state index is 12.5. The van der Waals surface area contributed by atoms with Crippen molar-refractivity contribution >= 4 is 29.3 Å². The lowest BCUT2D eigenvalue weighted by Gasteiger charge is -2.17. The Bertz CT molecular complexity index is 944. The van der Waals surface area contributed by atoms with Gasteiger partial charge in [0.05, 0.1) is 12.2 Å². The van der Waals surface area contributed by atoms with E-state index in [0.29, 0.717) is 35.7 Å². The van der Waals surface area contributed by atoms with Crippen molar-refractivity contribution in [1.29, 1.82) is 0 Å². The Morgan fingerprint density at radius 3 is 2.09 bits per heavy atom. The van der Waals surface area contributed by atoms with Crippen LogP contribution in [0.3, 0.4) is 0 Å². The Labute approximate surface area is 202 Å². The number of anilines is 2. The third-order valence-corrected chi connectivity index (χ3v) is 5.30. The first kappa shape index (κ1) is 26.9. The molecular weight excluding hydrogens is 432 g/mol. The first-order valence-corrected chi connectivity index (χ1v) is 11.9. The Balaban J connectivity index is 1.87. The highest BCUT2D eigenvalue weighted by atomic mass is 16.5. The van der Waals surface area contributed by atoms with Crippen LogP contribution in [0.2, 0.25) is 0 Å². The van der Waals surface area contributed by atoms with E-state index in [1.54, 1.807) is 48.5 Å². The number of carbonyl (C=O) groups excluding carboxylic acids is 3. The van der Waals surface area contributed by atoms with Crippen LogP contribution in [0.5, 0.6) is 0 Å². The van der Waals surface area contributed by atoms with E-state index in [2.05, 4.69) is 34.7 Å². The summed E-state index contributed by atoms with van der Waals surface area (Å²) in [6, 6.07) is 12.8. The predicted molar refractivity (Wildman–Crippen MR) is 135 cm³/mol. The molecule has 0 unspecified atom stereocenters. The van der Waals surface area contributed by atoms with E-state index in [1.807, 2.05) is 6.92 Å². The van der Waals surface area contributed by atoms with Crippen molar-refractivity contribution in [2.75, 3.05) is 43.4 Å². The van der Waals surface area contributed by atoms with Gasteiger partial charge in [-0.05, 0) is 68.9 Å². The van der Waals surface area contributed by atoms with Crippen LogP contribution in [0.4, 0.5) is 16.2 Å². The molecule has 3 N–H and O–H groups in total. The monoisotopic (exact) mass is 468 g/mol. The lowest BCUT2D eigenvalue weighted by Crippen LogP contribution is -2.30. The van der Waals surface area contributed by atoms with Crippen molar-refractivity contribution in [2.24, 2.45) is 0 Å². The SMILES string of the molecule is CCCCOC(=O)c1cccc(NC(=O)Nc2cccc(C(=O)NCCCN(CC)CC)c2)c1. The molecule has 0 radical (unpaired) electrons. The third-order valence-electron chi connectivity index (χ3n) is 5.30. The highest BCUT2D eigenvalue weighted by Crippen LogP contribution is 2.14. The summed E-state index contributed by atoms with van der Waals surface area (Å²) in [6.45, 7) is 10.1. The number of unbranched alkanes of at least 4 members (excludes halogenated alkanes) is 1. The van der Waals surface area contributed by atoms with Gasteiger partial charge in [0.1, 0.15) is 0 Å². The zero-order valence-electron chi connectivity index (χ0n) is 20.4. The standard InChI is InChI=1S/C26H36N4O4/c1-4-7-17-34-25(32)21-12-9-14-23(19-21)29-26(33)28-22-13-8-11-20(18-22)24(31)27-15-10-16-30(5-2)6-3/h8-9,11-14,18-19H,4-7,10,15-17H2,1-3H3,(H,27,31)(H2,28,29,33). The molecular formula is C26H36N4O4. The molecule has 0 heterocycles. The van der Waals surface area contributed by atoms with Crippen molar-refractivity contribution in [3.63, 3.8) is 0 Å². The van der Waals surface area contributed by atoms with Crippen LogP contribution in [0.1, 0.15) is 60.7 Å². The number of hydrogen-bond acceptors (Lipinski definition) is 5. The van der Waals surface area contributed by atoms with Crippen molar-refractivity contribution in [3.8, 4) is 0 Å². The van der Waals surface area contributed by atoms with Crippen molar-refractivity contribution in [1.82, 2.24) is 10.2 Å². The Hall–Kier alpha value is -3.39. The van der Waals surface area contributed by atoms with E-state index in [9.17, 15) is 14.4 Å². The molecule has 0 saturated heterocycles. The maximum Gasteiger partial charge on any atom is 0.338 e. The molecule has 0 aliphatic rings. The molecule has 2 rings (SSSR count). The van der Waals surface area contributed by atoms with E-state index < -0.39 is 12.0 Å². The second kappa shape index (κ2) is 14.7. The first-order chi connectivity index (χ1) is 16.5. The van der Waals surface area contributed by atoms with Gasteiger partial charge >= 0.3 is 12.0 Å². The van der Waals surface area contributed by atoms with Gasteiger partial charge in [-0.3, -0.25) is 4.79 Å². The number of benzene rings is 2. The smallest absolute Gasteiger partial charge is 0.338 e. The number of ether oxygens (including phenoxy) is 1. The summed E-state index contributed by atoms with van der Waals surface area (Å²) in [5.41, 5.74) is 1.79. The van der Waals surface area contributed by atoms with Crippen LogP contribution in [0.15, 0.2) is 48.5 Å². The minimum Gasteiger partial charge on any atom is -0.462 e. The van der Waals surface area contributed by atoms with Crippen LogP contribution >= 0.6 is 0 Å². The fraction of sp³-hybridized carbons (Fsp3) is 0.423. The van der Waals surface area contributed by atoms with E-state index in [1.165, 1.54) is 0 Å². The normalized spacial score (nSPS) is 10.6. The van der Waals surface area contributed by atoms with E-state index in [4.69, 9.17) is 4.74 Å². The van der Waals surface area contributed by atoms with Crippen LogP contribution in [-0.2, 0) is 4.74 Å². The van der Waals surface area contributed by atoms with Crippen LogP contribution in [-0.4, -0.2) is 55.6 Å². The highest BCUT2D eigenvalue weighted by molar-refractivity contribution is 6.02. The van der Waals surface area contributed by atoms with Gasteiger partial charge in [-0.25, -0.2) is 9.59 Å². The Kier molecular flexibility index (Phi) is 11.6. The number of urea groups is 1. The molecule has 184 valence electrons. The largest absolute Gasteiger partial charge is 0.462 e. The van der Waals surface area contributed by atoms with Crippen molar-refractivity contribution in [3.05, 3.63) is 59.7 Å². The summed E-state index contributed by atoms with van der Waals surface area (Å²) in [6.07, 6.45) is 2.62. The van der Waals surface area contributed by atoms with E-state index in [0.717, 1.165) is 38.9 Å². The number of hydrogen-bond donors (Lipinski definition) is 3. The number of amides is 3. The fourth-order valence-corrected chi connectivity index (χ4v) is 3.29. The summed E-state index contributed by atoms with van der Waals surface area (Å²) in [5, 5.41) is 8.34. The molecule has 0 atom stereocenters. The minimum atomic E-state index is -0.478. The summed E-state index contributed by atoms with van der Waals surface area (Å²) < 4.78 is 5.21. The van der Waals surface area contributed by atoms with E-state index >= 15 is 0 Å². The number of carbonyl (C=O) groups is 3. The number of nitrogens with zero attached hydrogens (tertiary/aromatic N) is 1. The molecule has 3 amide bonds. The van der Waals surface area contributed by atoms with Crippen molar-refractivity contribution < 1.29 is 19.1 Å². The molecule has 2 aromatic carbocycles. The summed E-state index contributed by atoms with van der Waals surface area (Å²) in [5.74, 6) is -0.605. The molecule has 34 heavy (non-hydrogen) atoms. The molecule has 0 aromatic heterocycles. The molecule has 0 aliphatic carbocycles. The van der Waals surface area contributed by atoms with Gasteiger partial charge in [-0.1, -0.05) is 39.3 Å². The molecule has 0 saturated carbocycles. The number of esters is 1. The molecule has 0 bridgehead atoms. The zero-order valence-corrected chi connectivity index (χ0v) is 20.4. The molecule has 8 heteroatoms. The Morgan fingerprint density at radius 1 is 0.853 bits per heavy atom. The van der Waals surface area contributed by atoms with Gasteiger partial charge in [0.15, 0.2) is 0 Å². The molecule has 0 spiro atoms. The average molecular weight is 469 g/mol. The van der Waals surface area contributed by atoms with Crippen LogP contribution in [0.25, 0.3) is 0 Å². The lowest BCUT2D eigenvalue weighted by atomic mass is 10.2. The first-order valence-electron chi connectivity index (χ1n) is 11.9. The fourth-order valence-electron chi connectivity index (χ4n) is 3.29. The van der Waals surface area contributed by atoms with Crippen molar-refractivity contribution in [2.45, 2.75) is 40.0 Å². The molecule has 0 aliphatic heterocycles. The van der Waals surface area contributed by atoms with E-state index in [-0.39, 0.29) is 5.91 Å². The van der Waals surface area contributed by atoms with Gasteiger partial charge in [0.25, 0.3) is 5.91 Å². The maximum atomic E-state index is 12.5. The molecule has 2 aromatic rings. The molecule has 0 fully saturated rings. The Morgan fingerprint density at radius 2 is 1.47 bits per heavy atom. The number of rotatable bonds is 13. The topological polar surface area (TPSA) is 99.8 Å². The second-order valence-electron chi connectivity index (χ2n) is 7.87. The summed E-state index contributed by atoms with van der Waals surface area (Å²) in [7, 11) is 0. The van der Waals surface area contributed by atoms with Gasteiger partial charge in [-0.2, -0.15) is 0 Å². The van der Waals surface area contributed by atoms with Crippen LogP contribution in [0, 0.1) is 0 Å². The average Bonchev–Trinajstić information content (AvgIpc) is 2.84. The summed E-state index contributed by atoms with van der Waals surface area (Å²) >= 11 is 0. The predicted octanol–water partition coefficient (Wildman–Crippen LogP) is 4.75. The zero-order chi connectivity index (χ0) is 24.8. The van der Waals surface area contributed by atoms with Gasteiger partial charge in [0.2, 0.25) is 0 Å². The van der Waals surface area contributed by atoms with Crippen LogP contribution < -0.4 is 16.0 Å². The summed E-state index contributed by atoms with van der Waals surface area (Å²) in [4.78, 5) is 39.3. The molecule has 8 nitrogen and oxygen atoms in total. The minimum absolute atomic E-state index is 0.183. The van der Waals surface area contributed by atoms with Gasteiger partial charge in [0, 0.05) is 23.5 Å². The third kappa shape index (κ3) is 9.23. The number of nitrogens with one attached hydrogen (secondary N) is 3. The lowest BCUT2D eigenvalue weighted by molar-refractivity contribution is 0.0499. The van der Waals surface area contributed by atoms with Gasteiger partial charge in [-0.15, -0.1) is 0 Å². The second-order valence-corrected chi connectivity index (χ2v) is 7.87. The quantitative estimate of drug-likeness (QED) is 0.291. The van der Waals surface area contributed by atoms with Gasteiger partial charge < -0.3 is 25.6 Å².